The minimum absolute atomic E-state index is 0. The molecule has 8 aromatic carbocycles. The first kappa shape index (κ1) is 131. The van der Waals surface area contributed by atoms with E-state index >= 15 is 0 Å². The molecule has 0 amide bonds. The zero-order chi connectivity index (χ0) is 102. The maximum atomic E-state index is 12.7. The van der Waals surface area contributed by atoms with Gasteiger partial charge in [-0.25, -0.2) is 0 Å². The molecule has 0 aromatic heterocycles. The molecule has 16 atom stereocenters. The first-order valence-electron chi connectivity index (χ1n) is 38.2. The molecule has 0 aliphatic carbocycles. The summed E-state index contributed by atoms with van der Waals surface area (Å²) in [6, 6.07) is 58.1. The fraction of sp³-hybridized carbons (Fsp3) is 0.229. The number of nitrogens with zero attached hydrogens (tertiary/aromatic N) is 24. The second-order valence-corrected chi connectivity index (χ2v) is 66.2. The number of rotatable bonds is 54. The number of benzene rings is 8. The Morgan fingerprint density at radius 3 is 0.814 bits per heavy atom. The molecule has 0 saturated heterocycles. The van der Waals surface area contributed by atoms with Crippen LogP contribution < -0.4 is 105 Å². The standard InChI is InChI=1S/C22H36N3O8P6S.C18H27N3O8P6S.2C15H16N9O2P4S.2Na/c1-24(23-16-20-8-12-22(13-9-20)33-37(34)35)36(40)32-21-10-6-19(7-11-21)14-15-25(17-38(26,28-2)29-3)18-39(27,30-4)31-5;1-20(19-12-16-4-8-18(9-5-16)29-33(30)31)32(36)28-17-6-2-15(3-7-17)10-11-21(13-34(22,23)24)14-35(25,26)27;2*1-24(29(31)25-14-6-2-12(3-7-14)10-18-22-20-16)19-11-13-4-8-15(9-5-13)26-30(27)28-23-21-17;;/h6-13,16H,14-15,17-18,34-35H2,1-5H3;2-9,12H,10-11,13-14,30-31H2,1H3,(H3-,22,23,24,25,26,27);2*2-11,28H,27H2,1H3;;/q+1;;4*+1/p-1/b23-16+;19-12+;2*18-10?,19-11+;;. The van der Waals surface area contributed by atoms with Crippen LogP contribution in [0.15, 0.2) is 245 Å². The van der Waals surface area contributed by atoms with E-state index < -0.39 is 101 Å². The van der Waals surface area contributed by atoms with Crippen molar-refractivity contribution in [1.29, 1.82) is 0 Å². The molecule has 0 heterocycles. The summed E-state index contributed by atoms with van der Waals surface area (Å²) in [5.74, 6) is 5.25. The average molecular weight is 2390 g/mol. The Morgan fingerprint density at radius 1 is 0.371 bits per heavy atom. The SMILES string of the molecule is CN(/N=C/c1ccc(OP(P)P)cc1)[P+](=S)Oc1ccc(CCN(CP(=O)([O-])O)CP(=O)([O-])O)cc1.CN(/N=C/c1ccc(OP(P)PN=[N+]=[N-])cc1)[P+](=S)Oc1ccc(C=NN=[N+]=[N-])cc1.CN(/N=C/c1ccc(OP(P)PN=[N+]=[N-])cc1)[P+](=S)Oc1ccc(C=NN=[N+]=[N-])cc1.COP(=O)(CN(CCc1ccc(O[P+](=S)N(C)/N=C/c2ccc(OP(P)P)cc2)cc1)CP(=O)(OC)OC)OC.[Na+].[Na+]. The average Bonchev–Trinajstić information content (AvgIpc) is 0.843. The Hall–Kier alpha value is -3.62. The molecular formula is C70H94N24Na2O20P20S4+4. The van der Waals surface area contributed by atoms with Gasteiger partial charge in [-0.1, -0.05) is 107 Å². The molecule has 0 spiro atoms. The fourth-order valence-corrected chi connectivity index (χ4v) is 24.0. The van der Waals surface area contributed by atoms with Crippen LogP contribution >= 0.6 is 159 Å². The Morgan fingerprint density at radius 2 is 0.593 bits per heavy atom. The van der Waals surface area contributed by atoms with Crippen LogP contribution in [0.1, 0.15) is 44.5 Å². The number of hydrogen-bond donors (Lipinski definition) is 2. The smallest absolute Gasteiger partial charge is 0.778 e. The predicted octanol–water partition coefficient (Wildman–Crippen LogP) is 17.6. The van der Waals surface area contributed by atoms with Crippen LogP contribution in [0.3, 0.4) is 0 Å². The van der Waals surface area contributed by atoms with Crippen molar-refractivity contribution in [2.75, 3.05) is 94.9 Å². The summed E-state index contributed by atoms with van der Waals surface area (Å²) in [4.78, 5) is 60.6. The largest absolute Gasteiger partial charge is 1.00 e. The van der Waals surface area contributed by atoms with E-state index in [1.807, 2.05) is 121 Å². The van der Waals surface area contributed by atoms with Gasteiger partial charge in [-0.15, -0.1) is 31.5 Å². The molecule has 44 nitrogen and oxygen atoms in total. The van der Waals surface area contributed by atoms with Crippen LogP contribution in [0.2, 0.25) is 0 Å². The van der Waals surface area contributed by atoms with E-state index in [-0.39, 0.29) is 101 Å². The fourth-order valence-electron chi connectivity index (χ4n) is 9.68. The van der Waals surface area contributed by atoms with Crippen molar-refractivity contribution in [2.24, 2.45) is 50.8 Å². The van der Waals surface area contributed by atoms with Gasteiger partial charge in [-0.2, -0.15) is 9.82 Å². The summed E-state index contributed by atoms with van der Waals surface area (Å²) in [6.45, 7) is 0.386. The molecule has 70 heteroatoms. The third kappa shape index (κ3) is 57.2. The second-order valence-electron chi connectivity index (χ2n) is 26.2. The third-order valence-electron chi connectivity index (χ3n) is 16.2. The topological polar surface area (TPSA) is 554 Å². The summed E-state index contributed by atoms with van der Waals surface area (Å²) in [7, 11) is 2.70. The maximum absolute atomic E-state index is 12.7. The maximum Gasteiger partial charge on any atom is 1.00 e. The molecule has 0 aliphatic heterocycles. The molecule has 140 heavy (non-hydrogen) atoms. The summed E-state index contributed by atoms with van der Waals surface area (Å²) >= 11 is 21.7. The van der Waals surface area contributed by atoms with Crippen LogP contribution in [-0.4, -0.2) is 171 Å². The Kier molecular flexibility index (Phi) is 67.0. The molecule has 2 N–H and O–H groups in total. The summed E-state index contributed by atoms with van der Waals surface area (Å²) in [5.41, 5.74) is 39.9. The Bertz CT molecular complexity index is 5610. The van der Waals surface area contributed by atoms with E-state index in [4.69, 9.17) is 133 Å². The molecule has 0 radical (unpaired) electrons. The van der Waals surface area contributed by atoms with Crippen LogP contribution in [0.4, 0.5) is 0 Å². The van der Waals surface area contributed by atoms with Gasteiger partial charge in [0.05, 0.1) is 65.6 Å². The summed E-state index contributed by atoms with van der Waals surface area (Å²) in [6.07, 6.45) is 8.53. The Labute approximate surface area is 900 Å². The number of azide groups is 4. The van der Waals surface area contributed by atoms with Crippen molar-refractivity contribution in [3.8, 4) is 46.0 Å². The third-order valence-corrected chi connectivity index (χ3v) is 37.5. The van der Waals surface area contributed by atoms with Gasteiger partial charge in [0.25, 0.3) is 0 Å². The van der Waals surface area contributed by atoms with Crippen molar-refractivity contribution in [1.82, 2.24) is 28.9 Å². The van der Waals surface area contributed by atoms with E-state index in [9.17, 15) is 28.0 Å². The van der Waals surface area contributed by atoms with Crippen molar-refractivity contribution in [3.05, 3.63) is 280 Å². The normalized spacial score (nSPS) is 13.1. The molecule has 8 aromatic rings. The predicted molar refractivity (Wildman–Crippen MR) is 593 cm³/mol. The quantitative estimate of drug-likeness (QED) is 0.00680. The molecule has 0 saturated carbocycles. The number of hydrogen-bond acceptors (Lipinski definition) is 32. The monoisotopic (exact) mass is 2380 g/mol. The van der Waals surface area contributed by atoms with Crippen LogP contribution in [0.5, 0.6) is 46.0 Å². The van der Waals surface area contributed by atoms with Gasteiger partial charge >= 0.3 is 103 Å². The molecule has 736 valence electrons. The molecule has 0 fully saturated rings. The van der Waals surface area contributed by atoms with E-state index in [0.29, 0.717) is 47.5 Å². The minimum atomic E-state index is -4.74. The van der Waals surface area contributed by atoms with E-state index in [1.165, 1.54) is 45.6 Å². The molecule has 16 unspecified atom stereocenters. The van der Waals surface area contributed by atoms with Gasteiger partial charge in [0.15, 0.2) is 35.4 Å². The molecule has 8 rings (SSSR count). The number of hydrazone groups is 4. The van der Waals surface area contributed by atoms with Crippen molar-refractivity contribution >= 4 is 244 Å². The van der Waals surface area contributed by atoms with E-state index in [1.54, 1.807) is 145 Å². The first-order valence-corrected chi connectivity index (χ1v) is 72.4. The van der Waals surface area contributed by atoms with Crippen molar-refractivity contribution < 1.29 is 151 Å². The minimum Gasteiger partial charge on any atom is -0.778 e. The molecule has 0 bridgehead atoms. The van der Waals surface area contributed by atoms with Gasteiger partial charge in [0.2, 0.25) is 47.2 Å². The van der Waals surface area contributed by atoms with Gasteiger partial charge in [-0.05, 0) is 237 Å². The van der Waals surface area contributed by atoms with Crippen LogP contribution in [-0.2, 0) is 96.4 Å². The molecular weight excluding hydrogens is 2290 g/mol. The molecule has 0 aliphatic rings. The van der Waals surface area contributed by atoms with Crippen molar-refractivity contribution in [3.63, 3.8) is 0 Å². The van der Waals surface area contributed by atoms with E-state index in [2.05, 4.69) is 124 Å². The van der Waals surface area contributed by atoms with Gasteiger partial charge in [0.1, 0.15) is 80.9 Å². The summed E-state index contributed by atoms with van der Waals surface area (Å²) < 4.78 is 120. The van der Waals surface area contributed by atoms with Gasteiger partial charge in [0, 0.05) is 89.8 Å². The first-order chi connectivity index (χ1) is 65.7. The van der Waals surface area contributed by atoms with E-state index in [0.717, 1.165) is 60.9 Å². The van der Waals surface area contributed by atoms with Crippen LogP contribution in [0.25, 0.3) is 41.8 Å². The van der Waals surface area contributed by atoms with Crippen LogP contribution in [0, 0.1) is 0 Å². The summed E-state index contributed by atoms with van der Waals surface area (Å²) in [5, 5.41) is 30.7. The second kappa shape index (κ2) is 71.9. The Balaban J connectivity index is 0.000000480. The van der Waals surface area contributed by atoms with Crippen molar-refractivity contribution in [2.45, 2.75) is 12.8 Å². The zero-order valence-corrected chi connectivity index (χ0v) is 103. The zero-order valence-electron chi connectivity index (χ0n) is 76.0. The van der Waals surface area contributed by atoms with Gasteiger partial charge < -0.3 is 64.9 Å². The van der Waals surface area contributed by atoms with Gasteiger partial charge in [-0.3, -0.25) is 37.0 Å².